The summed E-state index contributed by atoms with van der Waals surface area (Å²) in [4.78, 5) is 4.85. The van der Waals surface area contributed by atoms with Crippen molar-refractivity contribution in [1.29, 1.82) is 0 Å². The van der Waals surface area contributed by atoms with E-state index in [1.165, 1.54) is 16.8 Å². The second-order valence-corrected chi connectivity index (χ2v) is 6.10. The molecule has 100 valence electrons. The summed E-state index contributed by atoms with van der Waals surface area (Å²) in [6, 6.07) is 14.7. The van der Waals surface area contributed by atoms with Crippen LogP contribution in [0.1, 0.15) is 17.3 Å². The molecule has 1 N–H and O–H groups in total. The molecule has 4 rings (SSSR count). The van der Waals surface area contributed by atoms with E-state index in [2.05, 4.69) is 75.3 Å². The van der Waals surface area contributed by atoms with Crippen LogP contribution in [0.5, 0.6) is 0 Å². The van der Waals surface area contributed by atoms with Crippen LogP contribution >= 0.6 is 15.9 Å². The van der Waals surface area contributed by atoms with E-state index in [1.807, 2.05) is 0 Å². The number of para-hydroxylation sites is 1. The second-order valence-electron chi connectivity index (χ2n) is 5.18. The van der Waals surface area contributed by atoms with Gasteiger partial charge in [-0.05, 0) is 29.8 Å². The molecule has 0 radical (unpaired) electrons. The number of halogens is 1. The lowest BCUT2D eigenvalue weighted by molar-refractivity contribution is 0.748. The molecule has 1 aromatic heterocycles. The van der Waals surface area contributed by atoms with E-state index in [0.29, 0.717) is 5.92 Å². The molecule has 4 heteroatoms. The Morgan fingerprint density at radius 2 is 2.10 bits per heavy atom. The fraction of sp³-hybridized carbons (Fsp3) is 0.188. The van der Waals surface area contributed by atoms with Gasteiger partial charge in [0.1, 0.15) is 5.82 Å². The third-order valence-corrected chi connectivity index (χ3v) is 4.52. The highest BCUT2D eigenvalue weighted by Crippen LogP contribution is 2.36. The van der Waals surface area contributed by atoms with Gasteiger partial charge in [0.25, 0.3) is 0 Å². The normalized spacial score (nSPS) is 17.2. The second kappa shape index (κ2) is 4.35. The molecule has 0 aliphatic carbocycles. The fourth-order valence-corrected chi connectivity index (χ4v) is 3.37. The minimum absolute atomic E-state index is 0.322. The van der Waals surface area contributed by atoms with Gasteiger partial charge in [-0.15, -0.1) is 0 Å². The molecule has 0 bridgehead atoms. The van der Waals surface area contributed by atoms with Crippen molar-refractivity contribution >= 4 is 32.7 Å². The number of aryl methyl sites for hydroxylation is 1. The topological polar surface area (TPSA) is 29.9 Å². The Hall–Kier alpha value is -1.81. The minimum Gasteiger partial charge on any atom is -0.384 e. The zero-order valence-electron chi connectivity index (χ0n) is 11.1. The minimum atomic E-state index is 0.322. The highest BCUT2D eigenvalue weighted by molar-refractivity contribution is 9.10. The van der Waals surface area contributed by atoms with Gasteiger partial charge in [-0.2, -0.15) is 0 Å². The van der Waals surface area contributed by atoms with Crippen molar-refractivity contribution in [3.63, 3.8) is 0 Å². The number of nitrogens with zero attached hydrogens (tertiary/aromatic N) is 2. The third-order valence-electron chi connectivity index (χ3n) is 4.02. The molecule has 0 amide bonds. The Balaban J connectivity index is 1.90. The molecule has 0 saturated heterocycles. The van der Waals surface area contributed by atoms with Gasteiger partial charge in [0.05, 0.1) is 17.0 Å². The number of imidazole rings is 1. The Morgan fingerprint density at radius 1 is 1.25 bits per heavy atom. The van der Waals surface area contributed by atoms with Gasteiger partial charge < -0.3 is 9.88 Å². The van der Waals surface area contributed by atoms with Crippen molar-refractivity contribution in [2.24, 2.45) is 7.05 Å². The van der Waals surface area contributed by atoms with Gasteiger partial charge in [0, 0.05) is 23.8 Å². The predicted molar refractivity (Wildman–Crippen MR) is 85.2 cm³/mol. The molecule has 2 aromatic carbocycles. The van der Waals surface area contributed by atoms with Crippen LogP contribution in [0.2, 0.25) is 0 Å². The standard InChI is InChI=1S/C16H14BrN3/c1-20-15-7-6-10(17)8-14(15)19-16(20)12-9-18-13-5-3-2-4-11(12)13/h2-8,12,18H,9H2,1H3. The van der Waals surface area contributed by atoms with Crippen molar-refractivity contribution < 1.29 is 0 Å². The van der Waals surface area contributed by atoms with Crippen molar-refractivity contribution in [3.05, 3.63) is 58.3 Å². The monoisotopic (exact) mass is 327 g/mol. The SMILES string of the molecule is Cn1c(C2CNc3ccccc32)nc2cc(Br)ccc21. The number of rotatable bonds is 1. The number of anilines is 1. The summed E-state index contributed by atoms with van der Waals surface area (Å²) in [6.07, 6.45) is 0. The maximum Gasteiger partial charge on any atom is 0.119 e. The first-order valence-corrected chi connectivity index (χ1v) is 7.48. The molecular weight excluding hydrogens is 314 g/mol. The van der Waals surface area contributed by atoms with Crippen LogP contribution in [-0.2, 0) is 7.05 Å². The Morgan fingerprint density at radius 3 is 3.00 bits per heavy atom. The first kappa shape index (κ1) is 12.0. The van der Waals surface area contributed by atoms with E-state index in [1.54, 1.807) is 0 Å². The molecule has 1 aliphatic rings. The van der Waals surface area contributed by atoms with Gasteiger partial charge in [-0.25, -0.2) is 4.98 Å². The lowest BCUT2D eigenvalue weighted by Gasteiger charge is -2.10. The Labute approximate surface area is 125 Å². The zero-order valence-corrected chi connectivity index (χ0v) is 12.7. The smallest absolute Gasteiger partial charge is 0.119 e. The van der Waals surface area contributed by atoms with Gasteiger partial charge >= 0.3 is 0 Å². The highest BCUT2D eigenvalue weighted by atomic mass is 79.9. The van der Waals surface area contributed by atoms with E-state index >= 15 is 0 Å². The van der Waals surface area contributed by atoms with Crippen molar-refractivity contribution in [2.45, 2.75) is 5.92 Å². The first-order chi connectivity index (χ1) is 9.74. The van der Waals surface area contributed by atoms with Crippen LogP contribution in [0.4, 0.5) is 5.69 Å². The first-order valence-electron chi connectivity index (χ1n) is 6.69. The quantitative estimate of drug-likeness (QED) is 0.734. The molecule has 0 saturated carbocycles. The van der Waals surface area contributed by atoms with Gasteiger partial charge in [-0.3, -0.25) is 0 Å². The molecule has 3 nitrogen and oxygen atoms in total. The lowest BCUT2D eigenvalue weighted by atomic mass is 10.0. The lowest BCUT2D eigenvalue weighted by Crippen LogP contribution is -2.09. The molecule has 0 spiro atoms. The number of fused-ring (bicyclic) bond motifs is 2. The van der Waals surface area contributed by atoms with Gasteiger partial charge in [-0.1, -0.05) is 34.1 Å². The molecule has 1 aliphatic heterocycles. The van der Waals surface area contributed by atoms with Crippen LogP contribution in [0.15, 0.2) is 46.9 Å². The highest BCUT2D eigenvalue weighted by Gasteiger charge is 2.27. The Bertz CT molecular complexity index is 807. The molecule has 20 heavy (non-hydrogen) atoms. The van der Waals surface area contributed by atoms with Crippen LogP contribution in [0.25, 0.3) is 11.0 Å². The van der Waals surface area contributed by atoms with Crippen molar-refractivity contribution in [2.75, 3.05) is 11.9 Å². The molecule has 3 aromatic rings. The molecule has 2 heterocycles. The average Bonchev–Trinajstić information content (AvgIpc) is 3.00. The maximum atomic E-state index is 4.85. The molecular formula is C16H14BrN3. The van der Waals surface area contributed by atoms with E-state index in [9.17, 15) is 0 Å². The largest absolute Gasteiger partial charge is 0.384 e. The number of hydrogen-bond acceptors (Lipinski definition) is 2. The number of hydrogen-bond donors (Lipinski definition) is 1. The van der Waals surface area contributed by atoms with Crippen LogP contribution < -0.4 is 5.32 Å². The Kier molecular flexibility index (Phi) is 2.60. The predicted octanol–water partition coefficient (Wildman–Crippen LogP) is 3.89. The van der Waals surface area contributed by atoms with Crippen LogP contribution in [-0.4, -0.2) is 16.1 Å². The van der Waals surface area contributed by atoms with Crippen LogP contribution in [0.3, 0.4) is 0 Å². The van der Waals surface area contributed by atoms with E-state index < -0.39 is 0 Å². The summed E-state index contributed by atoms with van der Waals surface area (Å²) >= 11 is 3.51. The summed E-state index contributed by atoms with van der Waals surface area (Å²) in [7, 11) is 2.10. The zero-order chi connectivity index (χ0) is 13.7. The summed E-state index contributed by atoms with van der Waals surface area (Å²) in [6.45, 7) is 0.914. The number of aromatic nitrogens is 2. The average molecular weight is 328 g/mol. The fourth-order valence-electron chi connectivity index (χ4n) is 3.02. The van der Waals surface area contributed by atoms with E-state index in [4.69, 9.17) is 4.98 Å². The molecule has 0 fully saturated rings. The van der Waals surface area contributed by atoms with Crippen molar-refractivity contribution in [3.8, 4) is 0 Å². The van der Waals surface area contributed by atoms with Gasteiger partial charge in [0.2, 0.25) is 0 Å². The third kappa shape index (κ3) is 1.68. The maximum absolute atomic E-state index is 4.85. The van der Waals surface area contributed by atoms with Crippen LogP contribution in [0, 0.1) is 0 Å². The summed E-state index contributed by atoms with van der Waals surface area (Å²) in [5.41, 5.74) is 4.78. The summed E-state index contributed by atoms with van der Waals surface area (Å²) < 4.78 is 3.27. The molecule has 1 atom stereocenters. The van der Waals surface area contributed by atoms with Crippen molar-refractivity contribution in [1.82, 2.24) is 9.55 Å². The number of nitrogens with one attached hydrogen (secondary N) is 1. The summed E-state index contributed by atoms with van der Waals surface area (Å²) in [5.74, 6) is 1.44. The number of benzene rings is 2. The van der Waals surface area contributed by atoms with E-state index in [0.717, 1.165) is 22.4 Å². The summed E-state index contributed by atoms with van der Waals surface area (Å²) in [5, 5.41) is 3.47. The molecule has 1 unspecified atom stereocenters. The van der Waals surface area contributed by atoms with Gasteiger partial charge in [0.15, 0.2) is 0 Å². The van der Waals surface area contributed by atoms with E-state index in [-0.39, 0.29) is 0 Å².